The number of thiazole rings is 1. The van der Waals surface area contributed by atoms with E-state index < -0.39 is 59.9 Å². The summed E-state index contributed by atoms with van der Waals surface area (Å²) < 4.78 is 0. The van der Waals surface area contributed by atoms with Gasteiger partial charge in [0.15, 0.2) is 0 Å². The topological polar surface area (TPSA) is 170 Å². The van der Waals surface area contributed by atoms with Gasteiger partial charge in [0.2, 0.25) is 29.5 Å². The third-order valence-corrected chi connectivity index (χ3v) is 11.0. The maximum atomic E-state index is 14.3. The first-order valence-electron chi connectivity index (χ1n) is 18.1. The lowest BCUT2D eigenvalue weighted by Crippen LogP contribution is -2.60. The van der Waals surface area contributed by atoms with Crippen molar-refractivity contribution in [2.75, 3.05) is 13.1 Å². The summed E-state index contributed by atoms with van der Waals surface area (Å²) >= 11 is 1.23. The summed E-state index contributed by atoms with van der Waals surface area (Å²) in [4.78, 5) is 91.3. The maximum Gasteiger partial charge on any atom is 0.271 e. The average Bonchev–Trinajstić information content (AvgIpc) is 3.88. The Hall–Kier alpha value is -4.33. The minimum atomic E-state index is -1.02. The Labute approximate surface area is 303 Å². The highest BCUT2D eigenvalue weighted by molar-refractivity contribution is 7.09. The highest BCUT2D eigenvalue weighted by Crippen LogP contribution is 2.28. The molecule has 0 spiro atoms. The summed E-state index contributed by atoms with van der Waals surface area (Å²) in [7, 11) is 0. The van der Waals surface area contributed by atoms with Gasteiger partial charge in [-0.3, -0.25) is 28.8 Å². The predicted molar refractivity (Wildman–Crippen MR) is 192 cm³/mol. The molecular weight excluding hydrogens is 671 g/mol. The normalized spacial score (nSPS) is 27.2. The number of carbonyl (C=O) groups excluding carboxylic acids is 6. The van der Waals surface area contributed by atoms with Crippen LogP contribution in [-0.4, -0.2) is 93.5 Å². The van der Waals surface area contributed by atoms with E-state index in [0.717, 1.165) is 5.56 Å². The Balaban J connectivity index is 1.54. The van der Waals surface area contributed by atoms with E-state index in [9.17, 15) is 28.8 Å². The summed E-state index contributed by atoms with van der Waals surface area (Å²) in [5.41, 5.74) is 0.925. The molecule has 1 aromatic carbocycles. The Bertz CT molecular complexity index is 1610. The van der Waals surface area contributed by atoms with E-state index in [2.05, 4.69) is 26.3 Å². The van der Waals surface area contributed by atoms with Crippen LogP contribution >= 0.6 is 11.3 Å². The molecule has 4 heterocycles. The van der Waals surface area contributed by atoms with Crippen LogP contribution < -0.4 is 21.3 Å². The van der Waals surface area contributed by atoms with Crippen LogP contribution in [-0.2, 0) is 30.4 Å². The molecule has 0 saturated carbocycles. The van der Waals surface area contributed by atoms with Gasteiger partial charge in [-0.05, 0) is 49.0 Å². The van der Waals surface area contributed by atoms with Gasteiger partial charge in [0, 0.05) is 24.9 Å². The van der Waals surface area contributed by atoms with Gasteiger partial charge in [0.1, 0.15) is 40.9 Å². The van der Waals surface area contributed by atoms with Gasteiger partial charge in [-0.15, -0.1) is 11.3 Å². The predicted octanol–water partition coefficient (Wildman–Crippen LogP) is 2.57. The summed E-state index contributed by atoms with van der Waals surface area (Å²) in [5, 5.41) is 13.9. The van der Waals surface area contributed by atoms with E-state index in [1.54, 1.807) is 24.1 Å². The van der Waals surface area contributed by atoms with E-state index in [1.165, 1.54) is 16.2 Å². The summed E-state index contributed by atoms with van der Waals surface area (Å²) in [6, 6.07) is 4.25. The molecule has 2 fully saturated rings. The van der Waals surface area contributed by atoms with Crippen molar-refractivity contribution in [2.24, 2.45) is 17.8 Å². The lowest BCUT2D eigenvalue weighted by molar-refractivity contribution is -0.145. The monoisotopic (exact) mass is 721 g/mol. The van der Waals surface area contributed by atoms with Crippen molar-refractivity contribution in [1.29, 1.82) is 0 Å². The first kappa shape index (κ1) is 37.9. The highest BCUT2D eigenvalue weighted by atomic mass is 32.1. The van der Waals surface area contributed by atoms with E-state index in [1.807, 2.05) is 58.0 Å². The van der Waals surface area contributed by atoms with Crippen molar-refractivity contribution in [3.05, 3.63) is 52.0 Å². The SMILES string of the molecule is CC(C)[C@@H]1NC(=O)c2csc(n2)[C@H](C(C)C)NC(=O)[C@@H]2CCCN2C(=O)[C@H](C(C)C)NC(=O)[C@@H]2CCCN2C(=O)[C@H](Cc2ccccc2)NC1=O. The summed E-state index contributed by atoms with van der Waals surface area (Å²) in [6.45, 7) is 11.8. The van der Waals surface area contributed by atoms with Crippen molar-refractivity contribution in [2.45, 2.75) is 110 Å². The first-order valence-corrected chi connectivity index (χ1v) is 19.0. The molecular formula is C37H51N7O6S. The third-order valence-electron chi connectivity index (χ3n) is 10.0. The van der Waals surface area contributed by atoms with Crippen LogP contribution in [0.25, 0.3) is 0 Å². The quantitative estimate of drug-likeness (QED) is 0.368. The molecule has 2 saturated heterocycles. The minimum absolute atomic E-state index is 0.0893. The van der Waals surface area contributed by atoms with Crippen molar-refractivity contribution in [3.63, 3.8) is 0 Å². The number of hydrogen-bond donors (Lipinski definition) is 4. The molecule has 51 heavy (non-hydrogen) atoms. The molecule has 3 aliphatic rings. The molecule has 14 heteroatoms. The zero-order valence-electron chi connectivity index (χ0n) is 30.3. The highest BCUT2D eigenvalue weighted by Gasteiger charge is 2.43. The summed E-state index contributed by atoms with van der Waals surface area (Å²) in [6.07, 6.45) is 2.24. The second-order valence-electron chi connectivity index (χ2n) is 14.9. The van der Waals surface area contributed by atoms with Crippen LogP contribution in [0.2, 0.25) is 0 Å². The van der Waals surface area contributed by atoms with Gasteiger partial charge in [0.05, 0.1) is 6.04 Å². The molecule has 13 nitrogen and oxygen atoms in total. The van der Waals surface area contributed by atoms with Gasteiger partial charge >= 0.3 is 0 Å². The lowest BCUT2D eigenvalue weighted by Gasteiger charge is -2.34. The van der Waals surface area contributed by atoms with Crippen molar-refractivity contribution < 1.29 is 28.8 Å². The number of nitrogens with one attached hydrogen (secondary N) is 4. The number of carbonyl (C=O) groups is 6. The number of fused-ring (bicyclic) bond motifs is 4. The molecule has 0 radical (unpaired) electrons. The molecule has 6 atom stereocenters. The van der Waals surface area contributed by atoms with E-state index in [4.69, 9.17) is 0 Å². The molecule has 276 valence electrons. The Morgan fingerprint density at radius 2 is 1.24 bits per heavy atom. The van der Waals surface area contributed by atoms with Crippen molar-refractivity contribution in [3.8, 4) is 0 Å². The van der Waals surface area contributed by atoms with Crippen LogP contribution in [0.1, 0.15) is 94.3 Å². The number of nitrogens with zero attached hydrogens (tertiary/aromatic N) is 3. The summed E-state index contributed by atoms with van der Waals surface area (Å²) in [5.74, 6) is -3.35. The Kier molecular flexibility index (Phi) is 12.2. The molecule has 0 aliphatic carbocycles. The van der Waals surface area contributed by atoms with E-state index in [0.29, 0.717) is 43.8 Å². The number of amides is 6. The second kappa shape index (κ2) is 16.3. The fourth-order valence-electron chi connectivity index (χ4n) is 7.11. The molecule has 6 amide bonds. The van der Waals surface area contributed by atoms with Crippen LogP contribution in [0.4, 0.5) is 0 Å². The van der Waals surface area contributed by atoms with Gasteiger partial charge in [-0.2, -0.15) is 0 Å². The van der Waals surface area contributed by atoms with Crippen LogP contribution in [0.15, 0.2) is 35.7 Å². The third kappa shape index (κ3) is 8.59. The average molecular weight is 722 g/mol. The molecule has 4 N–H and O–H groups in total. The van der Waals surface area contributed by atoms with Crippen LogP contribution in [0, 0.1) is 17.8 Å². The van der Waals surface area contributed by atoms with Gasteiger partial charge < -0.3 is 31.1 Å². The molecule has 0 unspecified atom stereocenters. The van der Waals surface area contributed by atoms with Crippen molar-refractivity contribution >= 4 is 46.8 Å². The zero-order valence-corrected chi connectivity index (χ0v) is 31.1. The largest absolute Gasteiger partial charge is 0.345 e. The standard InChI is InChI=1S/C37H51N7O6S/c1-20(2)28-34(48)38-24(18-23-12-8-7-9-13-23)36(49)43-16-10-14-26(43)33(47)42-30(22(5)6)37(50)44-17-11-15-27(44)32(46)41-29(21(3)4)35-39-25(19-51-35)31(45)40-28/h7-9,12-13,19-22,24,26-30H,10-11,14-18H2,1-6H3,(H,38,48)(H,40,45)(H,41,46)(H,42,47)/t24-,26-,27-,28-,29-,30-/m0/s1. The molecule has 2 aromatic rings. The van der Waals surface area contributed by atoms with Crippen molar-refractivity contribution in [1.82, 2.24) is 36.1 Å². The van der Waals surface area contributed by atoms with Crippen LogP contribution in [0.5, 0.6) is 0 Å². The molecule has 2 bridgehead atoms. The molecule has 3 aliphatic heterocycles. The van der Waals surface area contributed by atoms with Gasteiger partial charge in [-0.1, -0.05) is 71.9 Å². The van der Waals surface area contributed by atoms with Crippen LogP contribution in [0.3, 0.4) is 0 Å². The second-order valence-corrected chi connectivity index (χ2v) is 15.7. The van der Waals surface area contributed by atoms with Gasteiger partial charge in [0.25, 0.3) is 5.91 Å². The molecule has 5 rings (SSSR count). The fraction of sp³-hybridized carbons (Fsp3) is 0.595. The van der Waals surface area contributed by atoms with E-state index >= 15 is 0 Å². The fourth-order valence-corrected chi connectivity index (χ4v) is 8.13. The Morgan fingerprint density at radius 3 is 1.80 bits per heavy atom. The van der Waals surface area contributed by atoms with Gasteiger partial charge in [-0.25, -0.2) is 4.98 Å². The number of aromatic nitrogens is 1. The van der Waals surface area contributed by atoms with E-state index in [-0.39, 0.29) is 41.7 Å². The first-order chi connectivity index (χ1) is 24.3. The molecule has 1 aromatic heterocycles. The number of rotatable bonds is 5. The maximum absolute atomic E-state index is 14.3. The smallest absolute Gasteiger partial charge is 0.271 e. The Morgan fingerprint density at radius 1 is 0.686 bits per heavy atom. The number of benzene rings is 1. The minimum Gasteiger partial charge on any atom is -0.345 e. The lowest BCUT2D eigenvalue weighted by atomic mass is 10.00. The number of hydrogen-bond acceptors (Lipinski definition) is 8. The zero-order chi connectivity index (χ0) is 37.0.